The van der Waals surface area contributed by atoms with Crippen LogP contribution < -0.4 is 8.25 Å². The molecule has 0 saturated carbocycles. The Kier molecular flexibility index (Phi) is 11.4. The smallest absolute Gasteiger partial charge is 0.202 e. The van der Waals surface area contributed by atoms with Crippen LogP contribution in [0, 0.1) is 0 Å². The first-order valence-electron chi connectivity index (χ1n) is 5.23. The quantitative estimate of drug-likeness (QED) is 0.323. The molecule has 186 valence electrons. The maximum atomic E-state index is 11.5. The molecule has 0 amide bonds. The zero-order chi connectivity index (χ0) is 25.4. The van der Waals surface area contributed by atoms with E-state index < -0.39 is 70.4 Å². The zero-order valence-corrected chi connectivity index (χ0v) is 20.4. The van der Waals surface area contributed by atoms with Crippen molar-refractivity contribution in [1.29, 1.82) is 0 Å². The van der Waals surface area contributed by atoms with Crippen LogP contribution in [0.1, 0.15) is 0 Å². The molecule has 0 aromatic carbocycles. The van der Waals surface area contributed by atoms with Gasteiger partial charge >= 0.3 is 62.1 Å². The number of sulfonamides is 4. The van der Waals surface area contributed by atoms with Crippen molar-refractivity contribution in [3.05, 3.63) is 0 Å². The molecule has 0 unspecified atom stereocenters. The maximum Gasteiger partial charge on any atom is 0.512 e. The molecule has 0 atom stereocenters. The van der Waals surface area contributed by atoms with Gasteiger partial charge in [-0.15, -0.1) is 0 Å². The molecule has 10 nitrogen and oxygen atoms in total. The van der Waals surface area contributed by atoms with E-state index in [2.05, 4.69) is 0 Å². The Hall–Kier alpha value is -0.198. The standard InChI is InChI=1S/2C2HF6NO4S2.Cd/c2*3-1(4,5)14(10,11)9-15(12,13)2(6,7)8;/h2*9H;. The van der Waals surface area contributed by atoms with Crippen molar-refractivity contribution in [2.24, 2.45) is 0 Å². The Labute approximate surface area is 183 Å². The molecule has 0 saturated heterocycles. The van der Waals surface area contributed by atoms with Gasteiger partial charge in [0.2, 0.25) is 0 Å². The monoisotopic (exact) mass is 676 g/mol. The van der Waals surface area contributed by atoms with Crippen LogP contribution in [0.2, 0.25) is 0 Å². The average molecular weight is 675 g/mol. The summed E-state index contributed by atoms with van der Waals surface area (Å²) in [6.45, 7) is 0. The van der Waals surface area contributed by atoms with Gasteiger partial charge in [-0.25, -0.2) is 33.7 Å². The summed E-state index contributed by atoms with van der Waals surface area (Å²) in [4.78, 5) is 0. The third-order valence-corrected chi connectivity index (χ3v) is 7.61. The molecular weight excluding hydrogens is 673 g/mol. The summed E-state index contributed by atoms with van der Waals surface area (Å²) >= 11 is 0. The fourth-order valence-electron chi connectivity index (χ4n) is 0.478. The molecule has 0 radical (unpaired) electrons. The third-order valence-electron chi connectivity index (χ3n) is 1.66. The molecule has 0 aliphatic carbocycles. The van der Waals surface area contributed by atoms with E-state index in [9.17, 15) is 86.4 Å². The van der Waals surface area contributed by atoms with Crippen LogP contribution in [-0.4, -0.2) is 55.7 Å². The van der Waals surface area contributed by atoms with Gasteiger partial charge in [-0.2, -0.15) is 52.7 Å². The number of rotatable bonds is 4. The molecule has 0 bridgehead atoms. The second-order valence-electron chi connectivity index (χ2n) is 3.96. The number of nitrogens with one attached hydrogen (secondary N) is 2. The van der Waals surface area contributed by atoms with Gasteiger partial charge < -0.3 is 0 Å². The van der Waals surface area contributed by atoms with Gasteiger partial charge in [0.1, 0.15) is 0 Å². The Balaban J connectivity index is -0.000000490. The molecule has 0 spiro atoms. The van der Waals surface area contributed by atoms with Crippen LogP contribution in [0.3, 0.4) is 0 Å². The minimum atomic E-state index is -6.60. The van der Waals surface area contributed by atoms with E-state index in [0.29, 0.717) is 0 Å². The Bertz CT molecular complexity index is 862. The molecule has 0 aromatic rings. The normalized spacial score (nSPS) is 14.8. The largest absolute Gasteiger partial charge is 0.512 e. The Morgan fingerprint density at radius 1 is 0.355 bits per heavy atom. The molecule has 0 rings (SSSR count). The van der Waals surface area contributed by atoms with Crippen molar-refractivity contribution < 1.29 is 114 Å². The van der Waals surface area contributed by atoms with Crippen molar-refractivity contribution in [3.63, 3.8) is 0 Å². The molecule has 2 N–H and O–H groups in total. The number of hydrogen-bond donors (Lipinski definition) is 2. The van der Waals surface area contributed by atoms with E-state index in [1.807, 2.05) is 0 Å². The minimum absolute atomic E-state index is 0. The predicted molar refractivity (Wildman–Crippen MR) is 66.2 cm³/mol. The molecule has 0 aromatic heterocycles. The van der Waals surface area contributed by atoms with Crippen molar-refractivity contribution in [1.82, 2.24) is 8.25 Å². The van der Waals surface area contributed by atoms with E-state index >= 15 is 0 Å². The van der Waals surface area contributed by atoms with Crippen LogP contribution in [0.15, 0.2) is 0 Å². The van der Waals surface area contributed by atoms with E-state index in [1.165, 1.54) is 0 Å². The van der Waals surface area contributed by atoms with Crippen LogP contribution in [0.25, 0.3) is 0 Å². The second kappa shape index (κ2) is 9.97. The van der Waals surface area contributed by atoms with Crippen LogP contribution in [0.4, 0.5) is 52.7 Å². The Morgan fingerprint density at radius 2 is 0.452 bits per heavy atom. The van der Waals surface area contributed by atoms with Crippen molar-refractivity contribution in [2.45, 2.75) is 22.0 Å². The van der Waals surface area contributed by atoms with Gasteiger partial charge in [0.15, 0.2) is 0 Å². The fourth-order valence-corrected chi connectivity index (χ4v) is 4.30. The van der Waals surface area contributed by atoms with Crippen LogP contribution >= 0.6 is 0 Å². The van der Waals surface area contributed by atoms with Crippen molar-refractivity contribution in [3.8, 4) is 0 Å². The van der Waals surface area contributed by atoms with Gasteiger partial charge in [0.25, 0.3) is 0 Å². The van der Waals surface area contributed by atoms with E-state index in [4.69, 9.17) is 0 Å². The predicted octanol–water partition coefficient (Wildman–Crippen LogP) is 0.548. The molecule has 0 aliphatic heterocycles. The van der Waals surface area contributed by atoms with Crippen LogP contribution in [-0.2, 0) is 67.4 Å². The maximum absolute atomic E-state index is 11.5. The molecule has 0 aliphatic rings. The molecular formula is C4H2CdF12N2O8S4. The summed E-state index contributed by atoms with van der Waals surface area (Å²) in [5.41, 5.74) is -24.6. The van der Waals surface area contributed by atoms with Gasteiger partial charge in [-0.3, -0.25) is 0 Å². The topological polar surface area (TPSA) is 161 Å². The summed E-state index contributed by atoms with van der Waals surface area (Å²) in [5, 5.41) is 0. The fraction of sp³-hybridized carbons (Fsp3) is 1.00. The van der Waals surface area contributed by atoms with Crippen LogP contribution in [0.5, 0.6) is 0 Å². The first-order chi connectivity index (χ1) is 12.4. The SMILES string of the molecule is O=S(=O)(NS(=O)(=O)C(F)(F)F)C(F)(F)F.O=S(=O)(NS(=O)(=O)C(F)(F)F)C(F)(F)F.[Cd]. The first kappa shape index (κ1) is 35.4. The summed E-state index contributed by atoms with van der Waals surface area (Å²) < 4.78 is 217. The molecule has 27 heteroatoms. The molecule has 0 fully saturated rings. The van der Waals surface area contributed by atoms with Gasteiger partial charge in [-0.1, -0.05) is 8.25 Å². The van der Waals surface area contributed by atoms with E-state index in [-0.39, 0.29) is 27.3 Å². The first-order valence-corrected chi connectivity index (χ1v) is 11.2. The Morgan fingerprint density at radius 3 is 0.516 bits per heavy atom. The van der Waals surface area contributed by atoms with Gasteiger partial charge in [-0.05, 0) is 0 Å². The summed E-state index contributed by atoms with van der Waals surface area (Å²) in [6, 6.07) is 0. The number of alkyl halides is 12. The summed E-state index contributed by atoms with van der Waals surface area (Å²) in [5.74, 6) is 0. The third kappa shape index (κ3) is 10.1. The summed E-state index contributed by atoms with van der Waals surface area (Å²) in [6.07, 6.45) is 0. The van der Waals surface area contributed by atoms with Gasteiger partial charge in [0.05, 0.1) is 0 Å². The van der Waals surface area contributed by atoms with Crippen molar-refractivity contribution in [2.75, 3.05) is 0 Å². The zero-order valence-electron chi connectivity index (χ0n) is 13.1. The minimum Gasteiger partial charge on any atom is -0.202 e. The number of hydrogen-bond acceptors (Lipinski definition) is 8. The second-order valence-corrected chi connectivity index (χ2v) is 11.2. The molecule has 31 heavy (non-hydrogen) atoms. The van der Waals surface area contributed by atoms with E-state index in [0.717, 1.165) is 0 Å². The number of halogens is 12. The average Bonchev–Trinajstić information content (AvgIpc) is 2.30. The molecule has 0 heterocycles. The van der Waals surface area contributed by atoms with Crippen molar-refractivity contribution >= 4 is 40.1 Å². The van der Waals surface area contributed by atoms with E-state index in [1.54, 1.807) is 0 Å². The summed E-state index contributed by atoms with van der Waals surface area (Å²) in [7, 11) is -26.4. The van der Waals surface area contributed by atoms with Gasteiger partial charge in [0, 0.05) is 27.3 Å².